The molecule has 1 saturated heterocycles. The number of carboxylic acids is 1. The molecule has 1 aliphatic rings. The van der Waals surface area contributed by atoms with Crippen LogP contribution >= 0.6 is 35.2 Å². The summed E-state index contributed by atoms with van der Waals surface area (Å²) in [6.07, 6.45) is -5.17. The number of allylic oxidation sites excluding steroid dienone is 1. The highest BCUT2D eigenvalue weighted by molar-refractivity contribution is 8.13. The molecular weight excluding hydrogens is 839 g/mol. The number of aliphatic hydroxyl groups excluding tert-OH is 2. The van der Waals surface area contributed by atoms with E-state index in [9.17, 15) is 62.7 Å². The van der Waals surface area contributed by atoms with Crippen LogP contribution in [0.2, 0.25) is 0 Å². The first-order valence-electron chi connectivity index (χ1n) is 15.9. The van der Waals surface area contributed by atoms with Gasteiger partial charge in [-0.2, -0.15) is 4.31 Å². The predicted octanol–water partition coefficient (Wildman–Crippen LogP) is -1.30. The Morgan fingerprint density at radius 3 is 2.41 bits per heavy atom. The number of phosphoric ester groups is 3. The number of nitrogens with zero attached hydrogens (tertiary/aromatic N) is 4. The van der Waals surface area contributed by atoms with Crippen LogP contribution < -0.4 is 16.4 Å². The zero-order valence-electron chi connectivity index (χ0n) is 29.3. The number of carbonyl (C=O) groups is 4. The van der Waals surface area contributed by atoms with E-state index in [1.807, 2.05) is 0 Å². The Hall–Kier alpha value is -3.23. The molecule has 2 aromatic rings. The summed E-state index contributed by atoms with van der Waals surface area (Å²) < 4.78 is 61.9. The fourth-order valence-corrected chi connectivity index (χ4v) is 8.08. The van der Waals surface area contributed by atoms with Crippen LogP contribution in [0.25, 0.3) is 11.2 Å². The molecule has 0 aromatic carbocycles. The number of rotatable bonds is 22. The van der Waals surface area contributed by atoms with Gasteiger partial charge >= 0.3 is 29.4 Å². The highest BCUT2D eigenvalue weighted by atomic mass is 32.2. The molecule has 56 heavy (non-hydrogen) atoms. The molecule has 26 nitrogen and oxygen atoms in total. The van der Waals surface area contributed by atoms with Crippen molar-refractivity contribution >= 4 is 75.1 Å². The van der Waals surface area contributed by atoms with Crippen molar-refractivity contribution in [3.8, 4) is 0 Å². The normalized spacial score (nSPS) is 21.7. The van der Waals surface area contributed by atoms with Gasteiger partial charge in [0, 0.05) is 43.2 Å². The van der Waals surface area contributed by atoms with E-state index in [4.69, 9.17) is 24.6 Å². The van der Waals surface area contributed by atoms with Crippen LogP contribution in [0.1, 0.15) is 32.9 Å². The van der Waals surface area contributed by atoms with Gasteiger partial charge in [0.05, 0.1) is 19.5 Å². The molecule has 0 spiro atoms. The fraction of sp³-hybridized carbons (Fsp3) is 0.577. The Balaban J connectivity index is 1.48. The minimum atomic E-state index is -5.59. The molecule has 30 heteroatoms. The maximum Gasteiger partial charge on any atom is 0.481 e. The Morgan fingerprint density at radius 1 is 1.07 bits per heavy atom. The molecule has 0 bridgehead atoms. The van der Waals surface area contributed by atoms with E-state index in [-0.39, 0.29) is 53.8 Å². The molecule has 3 heterocycles. The molecule has 1 fully saturated rings. The van der Waals surface area contributed by atoms with Crippen molar-refractivity contribution in [2.24, 2.45) is 5.41 Å². The maximum atomic E-state index is 12.7. The average molecular weight is 880 g/mol. The number of ether oxygens (including phenoxy) is 1. The third kappa shape index (κ3) is 14.6. The lowest BCUT2D eigenvalue weighted by Crippen LogP contribution is -2.46. The molecule has 11 N–H and O–H groups in total. The van der Waals surface area contributed by atoms with Gasteiger partial charge in [0.15, 0.2) is 22.8 Å². The molecule has 2 aromatic heterocycles. The standard InChI is InChI=1S/C26H40N7O19P3S/c1-26(2,21(39)24(40)29-7-6-15(34)28-8-9-56-17(37)5-3-4-16(35)36)11-49-55(46,47)52-54(44,45)48-10-14-20(51-53(41,42)43)19(38)25(50-14)33-13-32-18-22(27)30-12-31-23(18)33/h3-4,12-14,19-21,25,38-39H,5-11H2,1-2H3,(H,28,34)(H,29,40)(H,35,36)(H,44,45)(H,46,47)(H2,27,30,31)(H2,41,42,43)/b4-3+. The maximum absolute atomic E-state index is 12.7. The highest BCUT2D eigenvalue weighted by Crippen LogP contribution is 2.61. The number of aromatic nitrogens is 4. The summed E-state index contributed by atoms with van der Waals surface area (Å²) in [6, 6.07) is 0. The first-order valence-corrected chi connectivity index (χ1v) is 21.4. The quantitative estimate of drug-likeness (QED) is 0.0373. The minimum Gasteiger partial charge on any atom is -0.478 e. The van der Waals surface area contributed by atoms with Crippen molar-refractivity contribution < 1.29 is 90.4 Å². The van der Waals surface area contributed by atoms with Gasteiger partial charge in [-0.3, -0.25) is 32.5 Å². The third-order valence-corrected chi connectivity index (χ3v) is 11.3. The lowest BCUT2D eigenvalue weighted by atomic mass is 9.87. The number of nitrogens with one attached hydrogen (secondary N) is 2. The summed E-state index contributed by atoms with van der Waals surface area (Å²) in [4.78, 5) is 97.4. The average Bonchev–Trinajstić information content (AvgIpc) is 3.64. The van der Waals surface area contributed by atoms with E-state index in [1.165, 1.54) is 19.9 Å². The molecule has 0 saturated carbocycles. The molecule has 0 aliphatic carbocycles. The number of hydrogen-bond acceptors (Lipinski definition) is 19. The first kappa shape index (κ1) is 47.1. The smallest absolute Gasteiger partial charge is 0.478 e. The molecule has 0 radical (unpaired) electrons. The fourth-order valence-electron chi connectivity index (χ4n) is 4.61. The molecule has 2 amide bonds. The van der Waals surface area contributed by atoms with E-state index < -0.39 is 90.5 Å². The number of amides is 2. The number of aliphatic hydroxyl groups is 2. The van der Waals surface area contributed by atoms with E-state index in [0.29, 0.717) is 0 Å². The number of nitrogens with two attached hydrogens (primary N) is 1. The second-order valence-electron chi connectivity index (χ2n) is 12.2. The monoisotopic (exact) mass is 879 g/mol. The number of aliphatic carboxylic acids is 1. The van der Waals surface area contributed by atoms with E-state index in [0.717, 1.165) is 35.1 Å². The van der Waals surface area contributed by atoms with Crippen molar-refractivity contribution in [2.75, 3.05) is 37.8 Å². The van der Waals surface area contributed by atoms with Gasteiger partial charge < -0.3 is 56.0 Å². The number of fused-ring (bicyclic) bond motifs is 1. The second kappa shape index (κ2) is 20.0. The van der Waals surface area contributed by atoms with Gasteiger partial charge in [0.2, 0.25) is 11.8 Å². The number of carbonyl (C=O) groups excluding carboxylic acids is 3. The van der Waals surface area contributed by atoms with Crippen LogP contribution in [0, 0.1) is 5.41 Å². The summed E-state index contributed by atoms with van der Waals surface area (Å²) in [5.41, 5.74) is 4.20. The lowest BCUT2D eigenvalue weighted by molar-refractivity contribution is -0.137. The van der Waals surface area contributed by atoms with Crippen LogP contribution in [0.15, 0.2) is 24.8 Å². The van der Waals surface area contributed by atoms with Crippen molar-refractivity contribution in [3.63, 3.8) is 0 Å². The number of nitrogen functional groups attached to an aromatic ring is 1. The Bertz CT molecular complexity index is 1910. The Kier molecular flexibility index (Phi) is 16.8. The van der Waals surface area contributed by atoms with Gasteiger partial charge in [0.1, 0.15) is 36.3 Å². The van der Waals surface area contributed by atoms with E-state index in [1.54, 1.807) is 0 Å². The van der Waals surface area contributed by atoms with Crippen LogP contribution in [0.3, 0.4) is 0 Å². The molecular formula is C26H40N7O19P3S. The number of hydrogen-bond donors (Lipinski definition) is 10. The number of thioether (sulfide) groups is 1. The zero-order chi connectivity index (χ0) is 42.1. The van der Waals surface area contributed by atoms with Gasteiger partial charge in [-0.1, -0.05) is 31.7 Å². The van der Waals surface area contributed by atoms with Crippen LogP contribution in [0.5, 0.6) is 0 Å². The molecule has 7 atom stereocenters. The summed E-state index contributed by atoms with van der Waals surface area (Å²) in [5.74, 6) is -2.57. The molecule has 7 unspecified atom stereocenters. The minimum absolute atomic E-state index is 0.0193. The predicted molar refractivity (Wildman–Crippen MR) is 188 cm³/mol. The Morgan fingerprint density at radius 2 is 1.75 bits per heavy atom. The third-order valence-electron chi connectivity index (χ3n) is 7.31. The van der Waals surface area contributed by atoms with Crippen LogP contribution in [-0.2, 0) is 55.5 Å². The topological polar surface area (TPSA) is 401 Å². The van der Waals surface area contributed by atoms with Gasteiger partial charge in [-0.05, 0) is 0 Å². The summed E-state index contributed by atoms with van der Waals surface area (Å²) in [5, 5.41) is 34.4. The highest BCUT2D eigenvalue weighted by Gasteiger charge is 2.50. The van der Waals surface area contributed by atoms with E-state index >= 15 is 0 Å². The largest absolute Gasteiger partial charge is 0.481 e. The van der Waals surface area contributed by atoms with Crippen LogP contribution in [0.4, 0.5) is 5.82 Å². The number of phosphoric acid groups is 3. The molecule has 1 aliphatic heterocycles. The van der Waals surface area contributed by atoms with Crippen LogP contribution in [-0.4, -0.2) is 134 Å². The van der Waals surface area contributed by atoms with Crippen molar-refractivity contribution in [3.05, 3.63) is 24.8 Å². The summed E-state index contributed by atoms with van der Waals surface area (Å²) in [7, 11) is -16.4. The lowest BCUT2D eigenvalue weighted by Gasteiger charge is -2.30. The number of carboxylic acid groups (broad SMARTS) is 1. The van der Waals surface area contributed by atoms with E-state index in [2.05, 4.69) is 34.4 Å². The number of anilines is 1. The number of imidazole rings is 1. The van der Waals surface area contributed by atoms with Crippen molar-refractivity contribution in [1.29, 1.82) is 0 Å². The molecule has 3 rings (SSSR count). The Labute approximate surface area is 320 Å². The van der Waals surface area contributed by atoms with Gasteiger partial charge in [-0.15, -0.1) is 0 Å². The zero-order valence-corrected chi connectivity index (χ0v) is 32.8. The second-order valence-corrected chi connectivity index (χ2v) is 17.6. The summed E-state index contributed by atoms with van der Waals surface area (Å²) in [6.45, 7) is 0.225. The van der Waals surface area contributed by atoms with Gasteiger partial charge in [0.25, 0.3) is 0 Å². The molecule has 314 valence electrons. The summed E-state index contributed by atoms with van der Waals surface area (Å²) >= 11 is 0.878. The van der Waals surface area contributed by atoms with Crippen molar-refractivity contribution in [2.45, 2.75) is 57.3 Å². The first-order chi connectivity index (χ1) is 25.9. The SMILES string of the molecule is CC(C)(COP(=O)(O)OP(=O)(O)OCC1OC(n2cnc3c(N)ncnc32)C(O)C1OP(=O)(O)O)C(O)C(=O)NCCC(=O)NCCSC(=O)C/C=C/C(=O)O. The van der Waals surface area contributed by atoms with Crippen molar-refractivity contribution in [1.82, 2.24) is 30.2 Å². The van der Waals surface area contributed by atoms with Gasteiger partial charge in [-0.25, -0.2) is 33.4 Å².